The van der Waals surface area contributed by atoms with E-state index in [9.17, 15) is 24.3 Å². The third-order valence-electron chi connectivity index (χ3n) is 7.21. The molecular weight excluding hydrogens is 572 g/mol. The zero-order valence-electron chi connectivity index (χ0n) is 25.4. The van der Waals surface area contributed by atoms with Crippen LogP contribution in [0.4, 0.5) is 21.9 Å². The molecule has 4 amide bonds. The Bertz CT molecular complexity index is 1670. The molecule has 0 aromatic heterocycles. The van der Waals surface area contributed by atoms with Crippen LogP contribution >= 0.6 is 0 Å². The molecule has 4 N–H and O–H groups in total. The Morgan fingerprint density at radius 3 is 2.31 bits per heavy atom. The number of nitrogens with one attached hydrogen (secondary N) is 3. The lowest BCUT2D eigenvalue weighted by molar-refractivity contribution is -0.137. The van der Waals surface area contributed by atoms with Crippen molar-refractivity contribution in [1.29, 1.82) is 0 Å². The van der Waals surface area contributed by atoms with Crippen LogP contribution in [-0.4, -0.2) is 43.1 Å². The van der Waals surface area contributed by atoms with Crippen LogP contribution in [0.1, 0.15) is 45.9 Å². The van der Waals surface area contributed by atoms with Gasteiger partial charge in [0.2, 0.25) is 5.91 Å². The van der Waals surface area contributed by atoms with Crippen LogP contribution in [0.15, 0.2) is 97.1 Å². The molecule has 0 saturated carbocycles. The number of urea groups is 1. The number of hydrogen-bond donors (Lipinski definition) is 4. The summed E-state index contributed by atoms with van der Waals surface area (Å²) in [5.74, 6) is -1.18. The topological polar surface area (TPSA) is 137 Å². The summed E-state index contributed by atoms with van der Waals surface area (Å²) in [5, 5.41) is 17.9. The third kappa shape index (κ3) is 8.93. The molecular formula is C35H36N4O6. The standard InChI is InChI=1S/C35H36N4O6/c1-23-10-7-8-15-30(23)39(2)35(44)38-29-17-16-24(20-31(29)45-3)21-32(40)36-27-14-9-13-26(22-27)28(18-19-33(41)42)37-34(43)25-11-5-4-6-12-25/h4-17,20,22,28H,18-19,21H2,1-3H3,(H,36,40)(H,37,43)(H,38,44)(H,41,42). The Balaban J connectivity index is 1.42. The van der Waals surface area contributed by atoms with Crippen LogP contribution in [0.5, 0.6) is 5.75 Å². The molecule has 4 aromatic carbocycles. The van der Waals surface area contributed by atoms with Crippen LogP contribution in [0.3, 0.4) is 0 Å². The number of carbonyl (C=O) groups excluding carboxylic acids is 3. The minimum atomic E-state index is -0.974. The molecule has 10 heteroatoms. The van der Waals surface area contributed by atoms with Crippen molar-refractivity contribution in [3.05, 3.63) is 119 Å². The molecule has 4 rings (SSSR count). The fraction of sp³-hybridized carbons (Fsp3) is 0.200. The van der Waals surface area contributed by atoms with E-state index in [0.717, 1.165) is 11.3 Å². The van der Waals surface area contributed by atoms with Gasteiger partial charge in [-0.25, -0.2) is 4.79 Å². The third-order valence-corrected chi connectivity index (χ3v) is 7.21. The molecule has 1 atom stereocenters. The Morgan fingerprint density at radius 1 is 0.867 bits per heavy atom. The Morgan fingerprint density at radius 2 is 1.60 bits per heavy atom. The van der Waals surface area contributed by atoms with Gasteiger partial charge >= 0.3 is 12.0 Å². The molecule has 0 spiro atoms. The summed E-state index contributed by atoms with van der Waals surface area (Å²) < 4.78 is 5.50. The van der Waals surface area contributed by atoms with Crippen molar-refractivity contribution >= 4 is 40.9 Å². The molecule has 0 heterocycles. The van der Waals surface area contributed by atoms with Crippen molar-refractivity contribution in [2.75, 3.05) is 29.7 Å². The Labute approximate surface area is 262 Å². The summed E-state index contributed by atoms with van der Waals surface area (Å²) in [5.41, 5.74) is 4.49. The lowest BCUT2D eigenvalue weighted by Crippen LogP contribution is -2.31. The van der Waals surface area contributed by atoms with Crippen molar-refractivity contribution in [3.8, 4) is 5.75 Å². The number of anilines is 3. The van der Waals surface area contributed by atoms with E-state index >= 15 is 0 Å². The van der Waals surface area contributed by atoms with Crippen molar-refractivity contribution in [2.24, 2.45) is 0 Å². The van der Waals surface area contributed by atoms with E-state index in [2.05, 4.69) is 16.0 Å². The number of carboxylic acid groups (broad SMARTS) is 1. The van der Waals surface area contributed by atoms with Crippen LogP contribution in [0.25, 0.3) is 0 Å². The minimum absolute atomic E-state index is 0.0328. The van der Waals surface area contributed by atoms with Gasteiger partial charge in [-0.2, -0.15) is 0 Å². The summed E-state index contributed by atoms with van der Waals surface area (Å²) in [6, 6.07) is 27.4. The van der Waals surface area contributed by atoms with Gasteiger partial charge in [0.25, 0.3) is 5.91 Å². The molecule has 0 aliphatic carbocycles. The van der Waals surface area contributed by atoms with E-state index < -0.39 is 12.0 Å². The van der Waals surface area contributed by atoms with Gasteiger partial charge in [-0.15, -0.1) is 0 Å². The zero-order chi connectivity index (χ0) is 32.3. The zero-order valence-corrected chi connectivity index (χ0v) is 25.4. The predicted molar refractivity (Wildman–Crippen MR) is 174 cm³/mol. The molecule has 45 heavy (non-hydrogen) atoms. The quantitative estimate of drug-likeness (QED) is 0.151. The van der Waals surface area contributed by atoms with Crippen molar-refractivity contribution < 1.29 is 29.0 Å². The maximum Gasteiger partial charge on any atom is 0.326 e. The monoisotopic (exact) mass is 608 g/mol. The highest BCUT2D eigenvalue weighted by atomic mass is 16.5. The van der Waals surface area contributed by atoms with Gasteiger partial charge in [0.05, 0.1) is 25.3 Å². The predicted octanol–water partition coefficient (Wildman–Crippen LogP) is 6.19. The smallest absolute Gasteiger partial charge is 0.326 e. The molecule has 0 aliphatic rings. The van der Waals surface area contributed by atoms with E-state index in [1.807, 2.05) is 31.2 Å². The molecule has 10 nitrogen and oxygen atoms in total. The summed E-state index contributed by atoms with van der Waals surface area (Å²) in [7, 11) is 3.17. The molecule has 0 radical (unpaired) electrons. The second-order valence-electron chi connectivity index (χ2n) is 10.5. The first-order chi connectivity index (χ1) is 21.6. The van der Waals surface area contributed by atoms with Crippen molar-refractivity contribution in [2.45, 2.75) is 32.2 Å². The van der Waals surface area contributed by atoms with Gasteiger partial charge in [-0.05, 0) is 72.5 Å². The second-order valence-corrected chi connectivity index (χ2v) is 10.5. The molecule has 0 fully saturated rings. The van der Waals surface area contributed by atoms with Crippen LogP contribution in [0, 0.1) is 6.92 Å². The second kappa shape index (κ2) is 15.2. The number of hydrogen-bond acceptors (Lipinski definition) is 5. The van der Waals surface area contributed by atoms with E-state index in [-0.39, 0.29) is 37.1 Å². The number of ether oxygens (including phenoxy) is 1. The number of amides is 4. The highest BCUT2D eigenvalue weighted by molar-refractivity contribution is 6.02. The number of carboxylic acids is 1. The molecule has 1 unspecified atom stereocenters. The highest BCUT2D eigenvalue weighted by Crippen LogP contribution is 2.28. The van der Waals surface area contributed by atoms with Crippen LogP contribution in [0.2, 0.25) is 0 Å². The summed E-state index contributed by atoms with van der Waals surface area (Å²) in [4.78, 5) is 51.6. The lowest BCUT2D eigenvalue weighted by Gasteiger charge is -2.21. The van der Waals surface area contributed by atoms with Crippen molar-refractivity contribution in [1.82, 2.24) is 5.32 Å². The number of para-hydroxylation sites is 1. The largest absolute Gasteiger partial charge is 0.495 e. The number of aryl methyl sites for hydroxylation is 1. The van der Waals surface area contributed by atoms with Gasteiger partial charge < -0.3 is 25.8 Å². The number of methoxy groups -OCH3 is 1. The molecule has 0 bridgehead atoms. The SMILES string of the molecule is COc1cc(CC(=O)Nc2cccc(C(CCC(=O)O)NC(=O)c3ccccc3)c2)ccc1NC(=O)N(C)c1ccccc1C. The number of benzene rings is 4. The number of rotatable bonds is 12. The normalized spacial score (nSPS) is 11.2. The van der Waals surface area contributed by atoms with Crippen LogP contribution in [-0.2, 0) is 16.0 Å². The van der Waals surface area contributed by atoms with E-state index in [4.69, 9.17) is 4.74 Å². The fourth-order valence-electron chi connectivity index (χ4n) is 4.84. The number of nitrogens with zero attached hydrogens (tertiary/aromatic N) is 1. The van der Waals surface area contributed by atoms with Gasteiger partial charge in [0, 0.05) is 30.4 Å². The average molecular weight is 609 g/mol. The Kier molecular flexibility index (Phi) is 10.9. The molecule has 0 saturated heterocycles. The first-order valence-corrected chi connectivity index (χ1v) is 14.4. The molecule has 4 aromatic rings. The van der Waals surface area contributed by atoms with Gasteiger partial charge in [0.1, 0.15) is 5.75 Å². The van der Waals surface area contributed by atoms with Gasteiger partial charge in [0.15, 0.2) is 0 Å². The molecule has 0 aliphatic heterocycles. The number of carbonyl (C=O) groups is 4. The maximum absolute atomic E-state index is 13.0. The van der Waals surface area contributed by atoms with Gasteiger partial charge in [-0.1, -0.05) is 54.6 Å². The van der Waals surface area contributed by atoms with Gasteiger partial charge in [-0.3, -0.25) is 19.3 Å². The van der Waals surface area contributed by atoms with E-state index in [0.29, 0.717) is 33.8 Å². The van der Waals surface area contributed by atoms with Crippen LogP contribution < -0.4 is 25.6 Å². The molecule has 232 valence electrons. The first-order valence-electron chi connectivity index (χ1n) is 14.4. The highest BCUT2D eigenvalue weighted by Gasteiger charge is 2.19. The first kappa shape index (κ1) is 32.3. The maximum atomic E-state index is 13.0. The Hall–Kier alpha value is -5.64. The summed E-state index contributed by atoms with van der Waals surface area (Å²) in [6.45, 7) is 1.93. The lowest BCUT2D eigenvalue weighted by atomic mass is 10.0. The fourth-order valence-corrected chi connectivity index (χ4v) is 4.84. The minimum Gasteiger partial charge on any atom is -0.495 e. The van der Waals surface area contributed by atoms with E-state index in [1.54, 1.807) is 79.8 Å². The average Bonchev–Trinajstić information content (AvgIpc) is 3.03. The number of aliphatic carboxylic acids is 1. The summed E-state index contributed by atoms with van der Waals surface area (Å²) >= 11 is 0. The van der Waals surface area contributed by atoms with Crippen molar-refractivity contribution in [3.63, 3.8) is 0 Å². The summed E-state index contributed by atoms with van der Waals surface area (Å²) in [6.07, 6.45) is 0.0661. The van der Waals surface area contributed by atoms with E-state index in [1.165, 1.54) is 12.0 Å².